The number of ketones is 1. The normalized spacial score (nSPS) is 9.91. The summed E-state index contributed by atoms with van der Waals surface area (Å²) in [6, 6.07) is 0. The van der Waals surface area contributed by atoms with Crippen LogP contribution in [0.5, 0.6) is 0 Å². The summed E-state index contributed by atoms with van der Waals surface area (Å²) in [5.41, 5.74) is 0. The van der Waals surface area contributed by atoms with Gasteiger partial charge in [0.25, 0.3) is 0 Å². The van der Waals surface area contributed by atoms with Crippen molar-refractivity contribution in [3.8, 4) is 0 Å². The molecule has 23 heavy (non-hydrogen) atoms. The van der Waals surface area contributed by atoms with Gasteiger partial charge in [0.2, 0.25) is 23.6 Å². The predicted octanol–water partition coefficient (Wildman–Crippen LogP) is -1.91. The quantitative estimate of drug-likeness (QED) is 0.371. The first kappa shape index (κ1) is 20.6. The van der Waals surface area contributed by atoms with Crippen LogP contribution in [0.1, 0.15) is 27.2 Å². The Balaban J connectivity index is 3.82. The van der Waals surface area contributed by atoms with Crippen LogP contribution in [-0.2, 0) is 24.0 Å². The third kappa shape index (κ3) is 10.9. The Bertz CT molecular complexity index is 462. The Labute approximate surface area is 134 Å². The third-order valence-electron chi connectivity index (χ3n) is 2.76. The van der Waals surface area contributed by atoms with Crippen molar-refractivity contribution < 1.29 is 24.0 Å². The minimum Gasteiger partial charge on any atom is -0.347 e. The highest BCUT2D eigenvalue weighted by atomic mass is 16.2. The van der Waals surface area contributed by atoms with Crippen LogP contribution in [0.15, 0.2) is 0 Å². The van der Waals surface area contributed by atoms with Crippen LogP contribution in [0.3, 0.4) is 0 Å². The Kier molecular flexibility index (Phi) is 9.97. The molecule has 0 spiro atoms. The van der Waals surface area contributed by atoms with Crippen LogP contribution >= 0.6 is 0 Å². The molecule has 0 aromatic heterocycles. The number of amides is 4. The second-order valence-corrected chi connectivity index (χ2v) is 5.08. The number of hydrogen-bond donors (Lipinski definition) is 4. The largest absolute Gasteiger partial charge is 0.347 e. The summed E-state index contributed by atoms with van der Waals surface area (Å²) in [5, 5.41) is 9.35. The molecule has 0 saturated heterocycles. The molecule has 0 aliphatic heterocycles. The molecular formula is C14H24N4O5. The van der Waals surface area contributed by atoms with Crippen LogP contribution < -0.4 is 21.3 Å². The van der Waals surface area contributed by atoms with E-state index in [0.29, 0.717) is 0 Å². The molecule has 0 aliphatic carbocycles. The number of nitrogens with one attached hydrogen (secondary N) is 4. The van der Waals surface area contributed by atoms with Crippen molar-refractivity contribution in [2.75, 3.05) is 26.2 Å². The molecule has 0 bridgehead atoms. The van der Waals surface area contributed by atoms with E-state index in [0.717, 1.165) is 0 Å². The lowest BCUT2D eigenvalue weighted by molar-refractivity contribution is -0.129. The molecule has 4 amide bonds. The Morgan fingerprint density at radius 3 is 1.35 bits per heavy atom. The van der Waals surface area contributed by atoms with Crippen molar-refractivity contribution in [2.24, 2.45) is 5.92 Å². The van der Waals surface area contributed by atoms with E-state index < -0.39 is 17.7 Å². The van der Waals surface area contributed by atoms with E-state index >= 15 is 0 Å². The standard InChI is InChI=1S/C14H24N4O5/c1-4-11(20)16-6-13(22)18-8-14(23)17-7-12(21)15-5-10(19)9(2)3/h9H,4-8H2,1-3H3,(H,15,21)(H,16,20)(H,17,23)(H,18,22). The highest BCUT2D eigenvalue weighted by Gasteiger charge is 2.11. The summed E-state index contributed by atoms with van der Waals surface area (Å²) in [6.45, 7) is 4.22. The smallest absolute Gasteiger partial charge is 0.239 e. The van der Waals surface area contributed by atoms with E-state index in [-0.39, 0.29) is 50.2 Å². The number of hydrogen-bond acceptors (Lipinski definition) is 5. The fourth-order valence-corrected chi connectivity index (χ4v) is 1.24. The van der Waals surface area contributed by atoms with Crippen LogP contribution in [0, 0.1) is 5.92 Å². The molecule has 0 atom stereocenters. The zero-order valence-corrected chi connectivity index (χ0v) is 13.7. The van der Waals surface area contributed by atoms with E-state index in [4.69, 9.17) is 0 Å². The molecule has 9 nitrogen and oxygen atoms in total. The van der Waals surface area contributed by atoms with Crippen molar-refractivity contribution in [3.05, 3.63) is 0 Å². The van der Waals surface area contributed by atoms with E-state index in [1.807, 2.05) is 0 Å². The third-order valence-corrected chi connectivity index (χ3v) is 2.76. The van der Waals surface area contributed by atoms with E-state index in [9.17, 15) is 24.0 Å². The first-order valence-electron chi connectivity index (χ1n) is 7.35. The van der Waals surface area contributed by atoms with Gasteiger partial charge in [0.05, 0.1) is 26.2 Å². The Morgan fingerprint density at radius 2 is 1.00 bits per heavy atom. The number of rotatable bonds is 10. The maximum absolute atomic E-state index is 11.4. The fourth-order valence-electron chi connectivity index (χ4n) is 1.24. The van der Waals surface area contributed by atoms with Crippen molar-refractivity contribution in [2.45, 2.75) is 27.2 Å². The lowest BCUT2D eigenvalue weighted by Gasteiger charge is -2.09. The molecule has 0 heterocycles. The van der Waals surface area contributed by atoms with Crippen LogP contribution in [0.4, 0.5) is 0 Å². The van der Waals surface area contributed by atoms with E-state index in [1.165, 1.54) is 0 Å². The topological polar surface area (TPSA) is 133 Å². The van der Waals surface area contributed by atoms with E-state index in [1.54, 1.807) is 20.8 Å². The minimum absolute atomic E-state index is 0.0831. The molecular weight excluding hydrogens is 304 g/mol. The van der Waals surface area contributed by atoms with Crippen LogP contribution in [-0.4, -0.2) is 55.6 Å². The van der Waals surface area contributed by atoms with Gasteiger partial charge < -0.3 is 21.3 Å². The second-order valence-electron chi connectivity index (χ2n) is 5.08. The van der Waals surface area contributed by atoms with E-state index in [2.05, 4.69) is 21.3 Å². The highest BCUT2D eigenvalue weighted by molar-refractivity contribution is 5.91. The first-order chi connectivity index (χ1) is 10.8. The summed E-state index contributed by atoms with van der Waals surface area (Å²) in [6.07, 6.45) is 0.266. The molecule has 9 heteroatoms. The van der Waals surface area contributed by atoms with Crippen molar-refractivity contribution in [1.29, 1.82) is 0 Å². The summed E-state index contributed by atoms with van der Waals surface area (Å²) >= 11 is 0. The SMILES string of the molecule is CCC(=O)NCC(=O)NCC(=O)NCC(=O)NCC(=O)C(C)C. The summed E-state index contributed by atoms with van der Waals surface area (Å²) in [7, 11) is 0. The lowest BCUT2D eigenvalue weighted by atomic mass is 10.1. The first-order valence-corrected chi connectivity index (χ1v) is 7.35. The van der Waals surface area contributed by atoms with Gasteiger partial charge in [-0.3, -0.25) is 24.0 Å². The fraction of sp³-hybridized carbons (Fsp3) is 0.643. The van der Waals surface area contributed by atoms with Crippen LogP contribution in [0.25, 0.3) is 0 Å². The zero-order chi connectivity index (χ0) is 17.8. The average molecular weight is 328 g/mol. The van der Waals surface area contributed by atoms with Gasteiger partial charge in [0.1, 0.15) is 0 Å². The van der Waals surface area contributed by atoms with Gasteiger partial charge in [-0.05, 0) is 0 Å². The van der Waals surface area contributed by atoms with Gasteiger partial charge in [0.15, 0.2) is 5.78 Å². The monoisotopic (exact) mass is 328 g/mol. The highest BCUT2D eigenvalue weighted by Crippen LogP contribution is 1.91. The van der Waals surface area contributed by atoms with Gasteiger partial charge in [-0.15, -0.1) is 0 Å². The molecule has 0 aromatic rings. The van der Waals surface area contributed by atoms with Gasteiger partial charge in [0, 0.05) is 12.3 Å². The zero-order valence-electron chi connectivity index (χ0n) is 13.7. The number of carbonyl (C=O) groups excluding carboxylic acids is 5. The molecule has 0 rings (SSSR count). The van der Waals surface area contributed by atoms with Crippen LogP contribution in [0.2, 0.25) is 0 Å². The molecule has 0 aromatic carbocycles. The Morgan fingerprint density at radius 1 is 0.652 bits per heavy atom. The molecule has 130 valence electrons. The predicted molar refractivity (Wildman–Crippen MR) is 82.2 cm³/mol. The maximum Gasteiger partial charge on any atom is 0.239 e. The molecule has 0 unspecified atom stereocenters. The summed E-state index contributed by atoms with van der Waals surface area (Å²) < 4.78 is 0. The molecule has 0 fully saturated rings. The van der Waals surface area contributed by atoms with Gasteiger partial charge in [-0.2, -0.15) is 0 Å². The maximum atomic E-state index is 11.4. The lowest BCUT2D eigenvalue weighted by Crippen LogP contribution is -2.45. The molecule has 0 aliphatic rings. The Hall–Kier alpha value is -2.45. The number of carbonyl (C=O) groups is 5. The minimum atomic E-state index is -0.550. The van der Waals surface area contributed by atoms with Crippen molar-refractivity contribution in [1.82, 2.24) is 21.3 Å². The molecule has 4 N–H and O–H groups in total. The summed E-state index contributed by atoms with van der Waals surface area (Å²) in [5.74, 6) is -2.09. The van der Waals surface area contributed by atoms with Gasteiger partial charge in [-0.25, -0.2) is 0 Å². The number of Topliss-reactive ketones (excluding diaryl/α,β-unsaturated/α-hetero) is 1. The van der Waals surface area contributed by atoms with Gasteiger partial charge in [-0.1, -0.05) is 20.8 Å². The van der Waals surface area contributed by atoms with Crippen molar-refractivity contribution >= 4 is 29.4 Å². The average Bonchev–Trinajstić information content (AvgIpc) is 2.53. The molecule has 0 radical (unpaired) electrons. The second kappa shape index (κ2) is 11.2. The molecule has 0 saturated carbocycles. The van der Waals surface area contributed by atoms with Gasteiger partial charge >= 0.3 is 0 Å². The van der Waals surface area contributed by atoms with Crippen molar-refractivity contribution in [3.63, 3.8) is 0 Å². The summed E-state index contributed by atoms with van der Waals surface area (Å²) in [4.78, 5) is 56.4.